The molecule has 5 heteroatoms. The van der Waals surface area contributed by atoms with Gasteiger partial charge in [-0.25, -0.2) is 0 Å². The molecule has 1 saturated carbocycles. The fourth-order valence-corrected chi connectivity index (χ4v) is 2.14. The summed E-state index contributed by atoms with van der Waals surface area (Å²) in [4.78, 5) is 17.9. The minimum atomic E-state index is 0.167. The van der Waals surface area contributed by atoms with E-state index in [2.05, 4.69) is 10.1 Å². The number of carbonyl (C=O) groups excluding carboxylic acids is 1. The van der Waals surface area contributed by atoms with Gasteiger partial charge in [0.05, 0.1) is 6.54 Å². The lowest BCUT2D eigenvalue weighted by Gasteiger charge is -2.13. The molecular weight excluding hydrogens is 254 g/mol. The molecule has 0 saturated heterocycles. The molecule has 2 aromatic rings. The second-order valence-corrected chi connectivity index (χ2v) is 5.35. The molecular formula is C15H17N3O2. The Labute approximate surface area is 117 Å². The molecule has 1 aromatic heterocycles. The van der Waals surface area contributed by atoms with Gasteiger partial charge in [-0.3, -0.25) is 4.79 Å². The summed E-state index contributed by atoms with van der Waals surface area (Å²) in [7, 11) is 1.77. The molecule has 0 bridgehead atoms. The molecule has 5 nitrogen and oxygen atoms in total. The van der Waals surface area contributed by atoms with Crippen molar-refractivity contribution in [3.05, 3.63) is 35.7 Å². The molecule has 1 aliphatic rings. The average molecular weight is 271 g/mol. The zero-order valence-corrected chi connectivity index (χ0v) is 11.7. The summed E-state index contributed by atoms with van der Waals surface area (Å²) >= 11 is 0. The summed E-state index contributed by atoms with van der Waals surface area (Å²) in [6, 6.07) is 7.93. The fourth-order valence-electron chi connectivity index (χ4n) is 2.14. The minimum absolute atomic E-state index is 0.167. The number of benzene rings is 1. The number of rotatable bonds is 4. The van der Waals surface area contributed by atoms with Crippen LogP contribution in [0.25, 0.3) is 11.4 Å². The lowest BCUT2D eigenvalue weighted by Crippen LogP contribution is -2.27. The lowest BCUT2D eigenvalue weighted by atomic mass is 10.1. The van der Waals surface area contributed by atoms with Gasteiger partial charge in [0.1, 0.15) is 0 Å². The van der Waals surface area contributed by atoms with Gasteiger partial charge in [0.15, 0.2) is 0 Å². The van der Waals surface area contributed by atoms with Gasteiger partial charge in [-0.15, -0.1) is 0 Å². The van der Waals surface area contributed by atoms with E-state index < -0.39 is 0 Å². The molecule has 1 aliphatic carbocycles. The number of aryl methyl sites for hydroxylation is 1. The molecule has 1 heterocycles. The quantitative estimate of drug-likeness (QED) is 0.856. The van der Waals surface area contributed by atoms with Gasteiger partial charge in [-0.1, -0.05) is 28.9 Å². The number of hydrogen-bond acceptors (Lipinski definition) is 4. The zero-order valence-electron chi connectivity index (χ0n) is 11.7. The highest BCUT2D eigenvalue weighted by Crippen LogP contribution is 2.31. The van der Waals surface area contributed by atoms with E-state index in [0.717, 1.165) is 24.0 Å². The van der Waals surface area contributed by atoms with E-state index in [1.54, 1.807) is 11.9 Å². The second kappa shape index (κ2) is 5.07. The van der Waals surface area contributed by atoms with Crippen LogP contribution < -0.4 is 0 Å². The Morgan fingerprint density at radius 1 is 1.45 bits per heavy atom. The smallest absolute Gasteiger partial charge is 0.246 e. The summed E-state index contributed by atoms with van der Waals surface area (Å²) in [5.41, 5.74) is 2.08. The Morgan fingerprint density at radius 2 is 2.25 bits per heavy atom. The van der Waals surface area contributed by atoms with Crippen molar-refractivity contribution in [2.75, 3.05) is 7.05 Å². The lowest BCUT2D eigenvalue weighted by molar-refractivity contribution is -0.132. The van der Waals surface area contributed by atoms with E-state index in [-0.39, 0.29) is 11.8 Å². The maximum absolute atomic E-state index is 11.9. The first-order chi connectivity index (χ1) is 9.63. The SMILES string of the molecule is Cc1cccc(-c2noc(CN(C)C(=O)C3CC3)n2)c1. The normalized spacial score (nSPS) is 14.3. The average Bonchev–Trinajstić information content (AvgIpc) is 3.18. The first-order valence-corrected chi connectivity index (χ1v) is 6.78. The second-order valence-electron chi connectivity index (χ2n) is 5.35. The molecule has 0 atom stereocenters. The highest BCUT2D eigenvalue weighted by molar-refractivity contribution is 5.80. The van der Waals surface area contributed by atoms with Crippen molar-refractivity contribution in [3.8, 4) is 11.4 Å². The summed E-state index contributed by atoms with van der Waals surface area (Å²) < 4.78 is 5.22. The number of amides is 1. The molecule has 1 amide bonds. The Hall–Kier alpha value is -2.17. The molecule has 20 heavy (non-hydrogen) atoms. The molecule has 104 valence electrons. The number of nitrogens with zero attached hydrogens (tertiary/aromatic N) is 3. The van der Waals surface area contributed by atoms with Crippen molar-refractivity contribution in [2.24, 2.45) is 5.92 Å². The van der Waals surface area contributed by atoms with Gasteiger partial charge >= 0.3 is 0 Å². The van der Waals surface area contributed by atoms with Crippen molar-refractivity contribution in [1.29, 1.82) is 0 Å². The van der Waals surface area contributed by atoms with Crippen LogP contribution in [0.3, 0.4) is 0 Å². The standard InChI is InChI=1S/C15H17N3O2/c1-10-4-3-5-12(8-10)14-16-13(20-17-14)9-18(2)15(19)11-6-7-11/h3-5,8,11H,6-7,9H2,1-2H3. The van der Waals surface area contributed by atoms with Crippen molar-refractivity contribution < 1.29 is 9.32 Å². The maximum Gasteiger partial charge on any atom is 0.246 e. The predicted octanol–water partition coefficient (Wildman–Crippen LogP) is 2.41. The van der Waals surface area contributed by atoms with Gasteiger partial charge in [-0.2, -0.15) is 4.98 Å². The van der Waals surface area contributed by atoms with E-state index >= 15 is 0 Å². The van der Waals surface area contributed by atoms with E-state index in [0.29, 0.717) is 18.3 Å². The maximum atomic E-state index is 11.9. The summed E-state index contributed by atoms with van der Waals surface area (Å²) in [6.07, 6.45) is 2.00. The van der Waals surface area contributed by atoms with E-state index in [4.69, 9.17) is 4.52 Å². The highest BCUT2D eigenvalue weighted by atomic mass is 16.5. The molecule has 0 spiro atoms. The molecule has 0 radical (unpaired) electrons. The van der Waals surface area contributed by atoms with Crippen LogP contribution >= 0.6 is 0 Å². The number of aromatic nitrogens is 2. The van der Waals surface area contributed by atoms with E-state index in [9.17, 15) is 4.79 Å². The predicted molar refractivity (Wildman–Crippen MR) is 73.7 cm³/mol. The Kier molecular flexibility index (Phi) is 3.26. The van der Waals surface area contributed by atoms with Crippen molar-refractivity contribution in [3.63, 3.8) is 0 Å². The fraction of sp³-hybridized carbons (Fsp3) is 0.400. The molecule has 0 aliphatic heterocycles. The molecule has 1 aromatic carbocycles. The van der Waals surface area contributed by atoms with E-state index in [1.165, 1.54) is 0 Å². The monoisotopic (exact) mass is 271 g/mol. The Morgan fingerprint density at radius 3 is 2.95 bits per heavy atom. The van der Waals surface area contributed by atoms with Crippen LogP contribution in [0.4, 0.5) is 0 Å². The molecule has 3 rings (SSSR count). The largest absolute Gasteiger partial charge is 0.337 e. The van der Waals surface area contributed by atoms with Crippen LogP contribution in [0, 0.1) is 12.8 Å². The van der Waals surface area contributed by atoms with Gasteiger partial charge in [0, 0.05) is 18.5 Å². The van der Waals surface area contributed by atoms with Gasteiger partial charge in [-0.05, 0) is 25.8 Å². The first kappa shape index (κ1) is 12.8. The van der Waals surface area contributed by atoms with Crippen LogP contribution in [-0.4, -0.2) is 28.0 Å². The van der Waals surface area contributed by atoms with Crippen molar-refractivity contribution >= 4 is 5.91 Å². The summed E-state index contributed by atoms with van der Waals surface area (Å²) in [5.74, 6) is 1.41. The van der Waals surface area contributed by atoms with Crippen LogP contribution in [0.15, 0.2) is 28.8 Å². The van der Waals surface area contributed by atoms with Crippen LogP contribution in [0.2, 0.25) is 0 Å². The topological polar surface area (TPSA) is 59.2 Å². The third-order valence-corrected chi connectivity index (χ3v) is 3.42. The molecule has 0 unspecified atom stereocenters. The number of carbonyl (C=O) groups is 1. The zero-order chi connectivity index (χ0) is 14.1. The summed E-state index contributed by atoms with van der Waals surface area (Å²) in [6.45, 7) is 2.39. The Balaban J connectivity index is 1.71. The molecule has 0 N–H and O–H groups in total. The molecule has 1 fully saturated rings. The third-order valence-electron chi connectivity index (χ3n) is 3.42. The third kappa shape index (κ3) is 2.71. The summed E-state index contributed by atoms with van der Waals surface area (Å²) in [5, 5.41) is 3.98. The van der Waals surface area contributed by atoms with Gasteiger partial charge in [0.2, 0.25) is 17.6 Å². The first-order valence-electron chi connectivity index (χ1n) is 6.78. The number of hydrogen-bond donors (Lipinski definition) is 0. The van der Waals surface area contributed by atoms with Crippen LogP contribution in [-0.2, 0) is 11.3 Å². The van der Waals surface area contributed by atoms with E-state index in [1.807, 2.05) is 31.2 Å². The highest BCUT2D eigenvalue weighted by Gasteiger charge is 2.32. The van der Waals surface area contributed by atoms with Gasteiger partial charge in [0.25, 0.3) is 0 Å². The minimum Gasteiger partial charge on any atom is -0.337 e. The van der Waals surface area contributed by atoms with Crippen molar-refractivity contribution in [1.82, 2.24) is 15.0 Å². The van der Waals surface area contributed by atoms with Gasteiger partial charge < -0.3 is 9.42 Å². The van der Waals surface area contributed by atoms with Crippen LogP contribution in [0.5, 0.6) is 0 Å². The van der Waals surface area contributed by atoms with Crippen molar-refractivity contribution in [2.45, 2.75) is 26.3 Å². The van der Waals surface area contributed by atoms with Crippen LogP contribution in [0.1, 0.15) is 24.3 Å². The Bertz CT molecular complexity index is 632.